The fourth-order valence-electron chi connectivity index (χ4n) is 4.16. The zero-order valence-electron chi connectivity index (χ0n) is 23.8. The van der Waals surface area contributed by atoms with Crippen molar-refractivity contribution in [3.8, 4) is 0 Å². The van der Waals surface area contributed by atoms with Crippen LogP contribution in [-0.4, -0.2) is 44.3 Å². The number of benzene rings is 3. The highest BCUT2D eigenvalue weighted by atomic mass is 35.5. The number of rotatable bonds is 12. The number of carbonyl (C=O) groups is 2. The Morgan fingerprint density at radius 3 is 2.21 bits per heavy atom. The Labute approximate surface area is 253 Å². The SMILES string of the molecule is CCCCNC(=O)[C@H](C)N(Cc1ccc(F)cc1)C(=O)CN(c1ccc(Cl)c(C(F)(F)F)c1)S(=O)(=O)c1ccc(C)cc1. The number of halogens is 5. The maximum Gasteiger partial charge on any atom is 0.417 e. The second kappa shape index (κ2) is 14.2. The van der Waals surface area contributed by atoms with Crippen molar-refractivity contribution in [2.24, 2.45) is 0 Å². The fraction of sp³-hybridized carbons (Fsp3) is 0.333. The molecule has 3 aromatic rings. The largest absolute Gasteiger partial charge is 0.417 e. The maximum atomic E-state index is 13.9. The van der Waals surface area contributed by atoms with E-state index in [1.807, 2.05) is 6.92 Å². The fourth-order valence-corrected chi connectivity index (χ4v) is 5.79. The number of amides is 2. The van der Waals surface area contributed by atoms with E-state index < -0.39 is 62.7 Å². The molecule has 0 saturated carbocycles. The summed E-state index contributed by atoms with van der Waals surface area (Å²) in [6.45, 7) is 4.32. The van der Waals surface area contributed by atoms with E-state index in [0.29, 0.717) is 28.9 Å². The number of nitrogens with one attached hydrogen (secondary N) is 1. The third kappa shape index (κ3) is 8.70. The molecule has 43 heavy (non-hydrogen) atoms. The van der Waals surface area contributed by atoms with Crippen molar-refractivity contribution in [2.75, 3.05) is 17.4 Å². The predicted molar refractivity (Wildman–Crippen MR) is 156 cm³/mol. The van der Waals surface area contributed by atoms with Crippen LogP contribution in [0.4, 0.5) is 23.2 Å². The van der Waals surface area contributed by atoms with Crippen LogP contribution in [0.25, 0.3) is 0 Å². The smallest absolute Gasteiger partial charge is 0.354 e. The number of anilines is 1. The van der Waals surface area contributed by atoms with Crippen molar-refractivity contribution >= 4 is 39.1 Å². The van der Waals surface area contributed by atoms with Gasteiger partial charge in [0.25, 0.3) is 10.0 Å². The summed E-state index contributed by atoms with van der Waals surface area (Å²) >= 11 is 5.79. The second-order valence-corrected chi connectivity index (χ2v) is 12.2. The number of hydrogen-bond acceptors (Lipinski definition) is 4. The number of unbranched alkanes of at least 4 members (excludes halogenated alkanes) is 1. The van der Waals surface area contributed by atoms with Gasteiger partial charge in [0.15, 0.2) is 0 Å². The highest BCUT2D eigenvalue weighted by Crippen LogP contribution is 2.38. The van der Waals surface area contributed by atoms with Crippen molar-refractivity contribution in [1.82, 2.24) is 10.2 Å². The Kier molecular flexibility index (Phi) is 11.2. The maximum absolute atomic E-state index is 13.9. The molecule has 3 aromatic carbocycles. The number of nitrogens with zero attached hydrogens (tertiary/aromatic N) is 2. The highest BCUT2D eigenvalue weighted by molar-refractivity contribution is 7.92. The first-order chi connectivity index (χ1) is 20.1. The van der Waals surface area contributed by atoms with Gasteiger partial charge in [0.05, 0.1) is 21.2 Å². The van der Waals surface area contributed by atoms with Crippen LogP contribution in [0.2, 0.25) is 5.02 Å². The first-order valence-electron chi connectivity index (χ1n) is 13.4. The van der Waals surface area contributed by atoms with Crippen LogP contribution in [0.3, 0.4) is 0 Å². The molecule has 0 aromatic heterocycles. The van der Waals surface area contributed by atoms with E-state index in [-0.39, 0.29) is 11.4 Å². The van der Waals surface area contributed by atoms with E-state index in [0.717, 1.165) is 29.0 Å². The summed E-state index contributed by atoms with van der Waals surface area (Å²) < 4.78 is 83.0. The van der Waals surface area contributed by atoms with Gasteiger partial charge in [-0.05, 0) is 68.3 Å². The lowest BCUT2D eigenvalue weighted by Gasteiger charge is -2.32. The molecule has 232 valence electrons. The monoisotopic (exact) mass is 641 g/mol. The zero-order valence-corrected chi connectivity index (χ0v) is 25.4. The molecule has 3 rings (SSSR count). The summed E-state index contributed by atoms with van der Waals surface area (Å²) in [5.41, 5.74) is -0.551. The zero-order chi connectivity index (χ0) is 31.9. The minimum absolute atomic E-state index is 0.200. The molecular formula is C30H32ClF4N3O4S. The van der Waals surface area contributed by atoms with Gasteiger partial charge in [0.1, 0.15) is 18.4 Å². The lowest BCUT2D eigenvalue weighted by Crippen LogP contribution is -2.51. The minimum Gasteiger partial charge on any atom is -0.354 e. The molecule has 13 heteroatoms. The molecule has 0 radical (unpaired) electrons. The summed E-state index contributed by atoms with van der Waals surface area (Å²) in [5, 5.41) is 2.08. The van der Waals surface area contributed by atoms with Crippen molar-refractivity contribution < 1.29 is 35.6 Å². The van der Waals surface area contributed by atoms with Crippen LogP contribution >= 0.6 is 11.6 Å². The average molecular weight is 642 g/mol. The average Bonchev–Trinajstić information content (AvgIpc) is 2.95. The third-order valence-corrected chi connectivity index (χ3v) is 8.81. The Hall–Kier alpha value is -3.64. The Morgan fingerprint density at radius 2 is 1.63 bits per heavy atom. The third-order valence-electron chi connectivity index (χ3n) is 6.69. The van der Waals surface area contributed by atoms with Gasteiger partial charge in [0.2, 0.25) is 11.8 Å². The molecule has 0 aliphatic carbocycles. The topological polar surface area (TPSA) is 86.8 Å². The molecule has 0 saturated heterocycles. The van der Waals surface area contributed by atoms with Crippen LogP contribution in [0.15, 0.2) is 71.6 Å². The quantitative estimate of drug-likeness (QED) is 0.185. The van der Waals surface area contributed by atoms with Gasteiger partial charge in [-0.25, -0.2) is 12.8 Å². The lowest BCUT2D eigenvalue weighted by atomic mass is 10.1. The van der Waals surface area contributed by atoms with Crippen molar-refractivity contribution in [3.63, 3.8) is 0 Å². The molecule has 1 atom stereocenters. The first kappa shape index (κ1) is 33.9. The second-order valence-electron chi connectivity index (χ2n) is 9.96. The summed E-state index contributed by atoms with van der Waals surface area (Å²) in [7, 11) is -4.59. The van der Waals surface area contributed by atoms with E-state index in [2.05, 4.69) is 5.32 Å². The van der Waals surface area contributed by atoms with Crippen LogP contribution in [0.5, 0.6) is 0 Å². The molecule has 0 bridgehead atoms. The molecule has 0 spiro atoms. The number of sulfonamides is 1. The molecular weight excluding hydrogens is 610 g/mol. The van der Waals surface area contributed by atoms with E-state index in [1.165, 1.54) is 55.5 Å². The minimum atomic E-state index is -4.91. The van der Waals surface area contributed by atoms with Gasteiger partial charge in [-0.3, -0.25) is 13.9 Å². The van der Waals surface area contributed by atoms with Gasteiger partial charge in [-0.15, -0.1) is 0 Å². The molecule has 0 aliphatic rings. The number of hydrogen-bond donors (Lipinski definition) is 1. The molecule has 1 N–H and O–H groups in total. The van der Waals surface area contributed by atoms with Crippen LogP contribution in [-0.2, 0) is 32.3 Å². The standard InChI is InChI=1S/C30H32ClF4N3O4S/c1-4-5-16-36-29(40)21(3)37(18-22-8-10-23(32)11-9-22)28(39)19-38(43(41,42)25-13-6-20(2)7-14-25)24-12-15-27(31)26(17-24)30(33,34)35/h6-15,17,21H,4-5,16,18-19H2,1-3H3,(H,36,40)/t21-/m0/s1. The van der Waals surface area contributed by atoms with E-state index in [1.54, 1.807) is 6.92 Å². The number of alkyl halides is 3. The predicted octanol–water partition coefficient (Wildman–Crippen LogP) is 6.34. The summed E-state index contributed by atoms with van der Waals surface area (Å²) in [4.78, 5) is 27.7. The molecule has 2 amide bonds. The van der Waals surface area contributed by atoms with Crippen LogP contribution < -0.4 is 9.62 Å². The molecule has 0 fully saturated rings. The van der Waals surface area contributed by atoms with Gasteiger partial charge in [0, 0.05) is 13.1 Å². The number of carbonyl (C=O) groups excluding carboxylic acids is 2. The highest BCUT2D eigenvalue weighted by Gasteiger charge is 2.37. The summed E-state index contributed by atoms with van der Waals surface area (Å²) in [6.07, 6.45) is -3.42. The molecule has 7 nitrogen and oxygen atoms in total. The van der Waals surface area contributed by atoms with Gasteiger partial charge in [-0.1, -0.05) is 54.8 Å². The first-order valence-corrected chi connectivity index (χ1v) is 15.2. The van der Waals surface area contributed by atoms with Crippen molar-refractivity contribution in [1.29, 1.82) is 0 Å². The summed E-state index contributed by atoms with van der Waals surface area (Å²) in [5.74, 6) is -1.91. The van der Waals surface area contributed by atoms with E-state index >= 15 is 0 Å². The van der Waals surface area contributed by atoms with Gasteiger partial charge >= 0.3 is 6.18 Å². The number of aryl methyl sites for hydroxylation is 1. The lowest BCUT2D eigenvalue weighted by molar-refractivity contribution is -0.139. The Morgan fingerprint density at radius 1 is 1.00 bits per heavy atom. The van der Waals surface area contributed by atoms with E-state index in [4.69, 9.17) is 11.6 Å². The normalized spacial score (nSPS) is 12.5. The summed E-state index contributed by atoms with van der Waals surface area (Å²) in [6, 6.07) is 12.2. The molecule has 0 unspecified atom stereocenters. The Bertz CT molecular complexity index is 1530. The molecule has 0 aliphatic heterocycles. The van der Waals surface area contributed by atoms with Gasteiger partial charge < -0.3 is 10.2 Å². The van der Waals surface area contributed by atoms with Crippen molar-refractivity contribution in [3.05, 3.63) is 94.3 Å². The Balaban J connectivity index is 2.09. The van der Waals surface area contributed by atoms with Crippen LogP contribution in [0, 0.1) is 12.7 Å². The van der Waals surface area contributed by atoms with Crippen molar-refractivity contribution in [2.45, 2.75) is 57.3 Å². The van der Waals surface area contributed by atoms with E-state index in [9.17, 15) is 35.6 Å². The molecule has 0 heterocycles. The van der Waals surface area contributed by atoms with Gasteiger partial charge in [-0.2, -0.15) is 13.2 Å². The van der Waals surface area contributed by atoms with Crippen LogP contribution in [0.1, 0.15) is 43.4 Å².